The molecule has 156 valence electrons. The van der Waals surface area contributed by atoms with Crippen LogP contribution in [0.15, 0.2) is 22.6 Å². The zero-order valence-electron chi connectivity index (χ0n) is 17.7. The molecular formula is C24H26N2O4. The average Bonchev–Trinajstić information content (AvgIpc) is 3.26. The lowest BCUT2D eigenvalue weighted by Crippen LogP contribution is -2.40. The van der Waals surface area contributed by atoms with Crippen molar-refractivity contribution in [3.63, 3.8) is 0 Å². The molecule has 30 heavy (non-hydrogen) atoms. The molecule has 6 nitrogen and oxygen atoms in total. The molecule has 3 heterocycles. The number of nitrogens with zero attached hydrogens (tertiary/aromatic N) is 2. The van der Waals surface area contributed by atoms with Gasteiger partial charge in [0.1, 0.15) is 16.9 Å². The van der Waals surface area contributed by atoms with E-state index in [2.05, 4.69) is 4.90 Å². The number of hydrogen-bond donors (Lipinski definition) is 0. The van der Waals surface area contributed by atoms with Crippen molar-refractivity contribution in [2.75, 3.05) is 33.3 Å². The van der Waals surface area contributed by atoms with E-state index in [9.17, 15) is 9.59 Å². The Balaban J connectivity index is 1.58. The summed E-state index contributed by atoms with van der Waals surface area (Å²) in [6.45, 7) is 7.04. The van der Waals surface area contributed by atoms with E-state index < -0.39 is 0 Å². The number of imide groups is 1. The highest BCUT2D eigenvalue weighted by molar-refractivity contribution is 6.26. The summed E-state index contributed by atoms with van der Waals surface area (Å²) in [5, 5.41) is 1.79. The molecule has 2 amide bonds. The van der Waals surface area contributed by atoms with Crippen LogP contribution < -0.4 is 4.74 Å². The second-order valence-corrected chi connectivity index (χ2v) is 8.33. The maximum absolute atomic E-state index is 13.3. The molecule has 0 aliphatic carbocycles. The third kappa shape index (κ3) is 2.74. The molecule has 3 aromatic rings. The summed E-state index contributed by atoms with van der Waals surface area (Å²) >= 11 is 0. The number of fused-ring (bicyclic) bond motifs is 4. The quantitative estimate of drug-likeness (QED) is 0.605. The van der Waals surface area contributed by atoms with Gasteiger partial charge in [-0.05, 0) is 63.5 Å². The van der Waals surface area contributed by atoms with Crippen LogP contribution in [0.2, 0.25) is 0 Å². The van der Waals surface area contributed by atoms with E-state index in [4.69, 9.17) is 9.15 Å². The van der Waals surface area contributed by atoms with Crippen LogP contribution in [0.4, 0.5) is 0 Å². The van der Waals surface area contributed by atoms with Crippen LogP contribution in [0.25, 0.3) is 21.9 Å². The number of carbonyl (C=O) groups excluding carboxylic acids is 2. The monoisotopic (exact) mass is 406 g/mol. The number of ether oxygens (including phenoxy) is 1. The van der Waals surface area contributed by atoms with Crippen molar-refractivity contribution < 1.29 is 18.7 Å². The fourth-order valence-corrected chi connectivity index (χ4v) is 4.98. The lowest BCUT2D eigenvalue weighted by atomic mass is 9.94. The minimum atomic E-state index is -0.201. The van der Waals surface area contributed by atoms with Crippen LogP contribution in [0.1, 0.15) is 51.1 Å². The van der Waals surface area contributed by atoms with Gasteiger partial charge in [0, 0.05) is 29.4 Å². The molecule has 0 atom stereocenters. The molecule has 6 heteroatoms. The molecule has 0 saturated carbocycles. The predicted molar refractivity (Wildman–Crippen MR) is 115 cm³/mol. The van der Waals surface area contributed by atoms with Gasteiger partial charge in [-0.2, -0.15) is 0 Å². The molecule has 0 bridgehead atoms. The van der Waals surface area contributed by atoms with E-state index >= 15 is 0 Å². The molecule has 2 aliphatic rings. The fraction of sp³-hybridized carbons (Fsp3) is 0.417. The zero-order chi connectivity index (χ0) is 21.0. The van der Waals surface area contributed by atoms with Crippen molar-refractivity contribution in [2.45, 2.75) is 33.1 Å². The summed E-state index contributed by atoms with van der Waals surface area (Å²) < 4.78 is 11.5. The number of likely N-dealkylation sites (tertiary alicyclic amines) is 1. The van der Waals surface area contributed by atoms with Gasteiger partial charge in [0.15, 0.2) is 0 Å². The Hall–Kier alpha value is -2.86. The van der Waals surface area contributed by atoms with Gasteiger partial charge < -0.3 is 14.1 Å². The molecule has 0 spiro atoms. The maximum atomic E-state index is 13.3. The molecule has 5 rings (SSSR count). The van der Waals surface area contributed by atoms with Gasteiger partial charge >= 0.3 is 0 Å². The fourth-order valence-electron chi connectivity index (χ4n) is 4.98. The number of carbonyl (C=O) groups is 2. The smallest absolute Gasteiger partial charge is 0.262 e. The van der Waals surface area contributed by atoms with Crippen LogP contribution >= 0.6 is 0 Å². The van der Waals surface area contributed by atoms with E-state index in [1.165, 1.54) is 24.2 Å². The number of furan rings is 1. The van der Waals surface area contributed by atoms with Crippen molar-refractivity contribution in [3.8, 4) is 5.75 Å². The highest BCUT2D eigenvalue weighted by Crippen LogP contribution is 2.41. The van der Waals surface area contributed by atoms with E-state index in [1.807, 2.05) is 32.0 Å². The lowest BCUT2D eigenvalue weighted by Gasteiger charge is -2.27. The molecule has 2 aromatic carbocycles. The van der Waals surface area contributed by atoms with Crippen LogP contribution in [0, 0.1) is 13.8 Å². The molecule has 1 saturated heterocycles. The Morgan fingerprint density at radius 3 is 2.37 bits per heavy atom. The average molecular weight is 406 g/mol. The molecule has 0 unspecified atom stereocenters. The van der Waals surface area contributed by atoms with E-state index in [-0.39, 0.29) is 11.8 Å². The van der Waals surface area contributed by atoms with Gasteiger partial charge in [0.2, 0.25) is 0 Å². The molecular weight excluding hydrogens is 380 g/mol. The highest BCUT2D eigenvalue weighted by Gasteiger charge is 2.40. The summed E-state index contributed by atoms with van der Waals surface area (Å²) in [5.74, 6) is 0.340. The van der Waals surface area contributed by atoms with Crippen LogP contribution in [0.5, 0.6) is 5.75 Å². The SMILES string of the molecule is COc1ccc2oc3c(C)c4c(c(C)c3c2c1)C(=O)N(CCN1CCCCC1)C4=O. The van der Waals surface area contributed by atoms with Gasteiger partial charge in [0.05, 0.1) is 18.2 Å². The maximum Gasteiger partial charge on any atom is 0.262 e. The molecule has 2 aliphatic heterocycles. The zero-order valence-corrected chi connectivity index (χ0v) is 17.7. The van der Waals surface area contributed by atoms with Gasteiger partial charge in [0.25, 0.3) is 11.8 Å². The molecule has 1 aromatic heterocycles. The van der Waals surface area contributed by atoms with Gasteiger partial charge in [-0.3, -0.25) is 14.5 Å². The summed E-state index contributed by atoms with van der Waals surface area (Å²) in [5.41, 5.74) is 3.95. The van der Waals surface area contributed by atoms with Crippen molar-refractivity contribution >= 4 is 33.8 Å². The summed E-state index contributed by atoms with van der Waals surface area (Å²) in [7, 11) is 1.63. The van der Waals surface area contributed by atoms with Crippen molar-refractivity contribution in [3.05, 3.63) is 40.5 Å². The highest BCUT2D eigenvalue weighted by atomic mass is 16.5. The Labute approximate surface area is 175 Å². The molecule has 1 fully saturated rings. The lowest BCUT2D eigenvalue weighted by molar-refractivity contribution is 0.0631. The Kier molecular flexibility index (Phi) is 4.54. The first-order valence-electron chi connectivity index (χ1n) is 10.6. The molecule has 0 radical (unpaired) electrons. The second kappa shape index (κ2) is 7.13. The number of hydrogen-bond acceptors (Lipinski definition) is 5. The summed E-state index contributed by atoms with van der Waals surface area (Å²) in [4.78, 5) is 30.3. The van der Waals surface area contributed by atoms with Crippen LogP contribution in [-0.4, -0.2) is 54.9 Å². The Morgan fingerprint density at radius 1 is 0.967 bits per heavy atom. The summed E-state index contributed by atoms with van der Waals surface area (Å²) in [6, 6.07) is 5.64. The predicted octanol–water partition coefficient (Wildman–Crippen LogP) is 4.29. The largest absolute Gasteiger partial charge is 0.497 e. The van der Waals surface area contributed by atoms with Gasteiger partial charge in [-0.25, -0.2) is 0 Å². The van der Waals surface area contributed by atoms with E-state index in [1.54, 1.807) is 7.11 Å². The third-order valence-electron chi connectivity index (χ3n) is 6.62. The topological polar surface area (TPSA) is 63.0 Å². The Bertz CT molecular complexity index is 1190. The van der Waals surface area contributed by atoms with Gasteiger partial charge in [-0.1, -0.05) is 6.42 Å². The van der Waals surface area contributed by atoms with Crippen LogP contribution in [0.3, 0.4) is 0 Å². The number of methoxy groups -OCH3 is 1. The minimum absolute atomic E-state index is 0.188. The van der Waals surface area contributed by atoms with Crippen LogP contribution in [-0.2, 0) is 0 Å². The second-order valence-electron chi connectivity index (χ2n) is 8.33. The van der Waals surface area contributed by atoms with Crippen molar-refractivity contribution in [1.82, 2.24) is 9.80 Å². The normalized spacial score (nSPS) is 17.4. The van der Waals surface area contributed by atoms with Gasteiger partial charge in [-0.15, -0.1) is 0 Å². The number of aryl methyl sites for hydroxylation is 2. The minimum Gasteiger partial charge on any atom is -0.497 e. The number of rotatable bonds is 4. The Morgan fingerprint density at radius 2 is 1.67 bits per heavy atom. The first-order chi connectivity index (χ1) is 14.5. The molecule has 0 N–H and O–H groups in total. The third-order valence-corrected chi connectivity index (χ3v) is 6.62. The number of benzene rings is 2. The van der Waals surface area contributed by atoms with Crippen molar-refractivity contribution in [2.24, 2.45) is 0 Å². The first-order valence-corrected chi connectivity index (χ1v) is 10.6. The first kappa shape index (κ1) is 19.1. The number of piperidine rings is 1. The van der Waals surface area contributed by atoms with E-state index in [0.717, 1.165) is 52.9 Å². The van der Waals surface area contributed by atoms with Crippen molar-refractivity contribution in [1.29, 1.82) is 0 Å². The standard InChI is InChI=1S/C24H26N2O4/c1-14-19-17-13-16(29-3)7-8-18(17)30-22(19)15(2)21-20(14)23(27)26(24(21)28)12-11-25-9-5-4-6-10-25/h7-8,13H,4-6,9-12H2,1-3H3. The summed E-state index contributed by atoms with van der Waals surface area (Å²) in [6.07, 6.45) is 3.64. The number of amides is 2. The van der Waals surface area contributed by atoms with E-state index in [0.29, 0.717) is 23.3 Å².